The van der Waals surface area contributed by atoms with Gasteiger partial charge in [-0.1, -0.05) is 0 Å². The Kier molecular flexibility index (Phi) is 6.03. The van der Waals surface area contributed by atoms with Gasteiger partial charge >= 0.3 is 11.9 Å². The van der Waals surface area contributed by atoms with Crippen molar-refractivity contribution >= 4 is 11.9 Å². The third-order valence-electron chi connectivity index (χ3n) is 1.86. The summed E-state index contributed by atoms with van der Waals surface area (Å²) in [4.78, 5) is 26.0. The second-order valence-electron chi connectivity index (χ2n) is 4.74. The number of hydrogen-bond donors (Lipinski definition) is 1. The maximum absolute atomic E-state index is 11.7. The van der Waals surface area contributed by atoms with Crippen LogP contribution in [0.3, 0.4) is 0 Å². The molecular formula is C10H19N3O6. The van der Waals surface area contributed by atoms with E-state index in [9.17, 15) is 14.8 Å². The molecule has 0 heterocycles. The van der Waals surface area contributed by atoms with Gasteiger partial charge in [-0.05, 0) is 20.8 Å². The number of carbonyl (C=O) groups is 2. The molecule has 0 bridgehead atoms. The van der Waals surface area contributed by atoms with Crippen LogP contribution in [0, 0.1) is 5.21 Å². The number of nitrogens with zero attached hydrogens (tertiary/aromatic N) is 3. The van der Waals surface area contributed by atoms with E-state index in [0.29, 0.717) is 0 Å². The molecule has 0 aliphatic carbocycles. The van der Waals surface area contributed by atoms with E-state index in [2.05, 4.69) is 14.9 Å². The van der Waals surface area contributed by atoms with Crippen molar-refractivity contribution in [3.05, 3.63) is 5.21 Å². The van der Waals surface area contributed by atoms with Gasteiger partial charge in [0.2, 0.25) is 5.28 Å². The van der Waals surface area contributed by atoms with E-state index in [-0.39, 0.29) is 4.97 Å². The Morgan fingerprint density at radius 2 is 2.00 bits per heavy atom. The first-order valence-electron chi connectivity index (χ1n) is 5.54. The molecule has 0 rings (SSSR count). The fourth-order valence-electron chi connectivity index (χ4n) is 1.09. The summed E-state index contributed by atoms with van der Waals surface area (Å²) in [6.45, 7) is 6.95. The summed E-state index contributed by atoms with van der Waals surface area (Å²) < 4.78 is 4.59. The Labute approximate surface area is 110 Å². The summed E-state index contributed by atoms with van der Waals surface area (Å²) in [5, 5.41) is 24.5. The van der Waals surface area contributed by atoms with E-state index in [1.165, 1.54) is 13.8 Å². The molecule has 9 nitrogen and oxygen atoms in total. The van der Waals surface area contributed by atoms with Crippen molar-refractivity contribution in [2.24, 2.45) is 5.28 Å². The minimum Gasteiger partial charge on any atom is -0.569 e. The first-order valence-corrected chi connectivity index (χ1v) is 5.54. The number of rotatable bonds is 6. The highest BCUT2D eigenvalue weighted by atomic mass is 16.8. The lowest BCUT2D eigenvalue weighted by molar-refractivity contribution is -0.725. The highest BCUT2D eigenvalue weighted by molar-refractivity contribution is 5.68. The molecular weight excluding hydrogens is 258 g/mol. The minimum atomic E-state index is -1.18. The molecule has 1 N–H and O–H groups in total. The van der Waals surface area contributed by atoms with Crippen molar-refractivity contribution in [2.75, 3.05) is 6.54 Å². The second-order valence-corrected chi connectivity index (χ2v) is 4.74. The van der Waals surface area contributed by atoms with Gasteiger partial charge < -0.3 is 15.1 Å². The molecule has 1 unspecified atom stereocenters. The summed E-state index contributed by atoms with van der Waals surface area (Å²) in [5.74, 6) is -1.77. The van der Waals surface area contributed by atoms with E-state index in [1.807, 2.05) is 0 Å². The topological polar surface area (TPSA) is 114 Å². The highest BCUT2D eigenvalue weighted by Gasteiger charge is 2.31. The third-order valence-corrected chi connectivity index (χ3v) is 1.86. The number of carboxylic acids is 1. The molecule has 110 valence electrons. The molecule has 0 aliphatic heterocycles. The summed E-state index contributed by atoms with van der Waals surface area (Å²) in [7, 11) is 0. The fraction of sp³-hybridized carbons (Fsp3) is 0.800. The lowest BCUT2D eigenvalue weighted by Gasteiger charge is -2.28. The molecule has 0 radical (unpaired) electrons. The van der Waals surface area contributed by atoms with Crippen LogP contribution in [-0.4, -0.2) is 45.4 Å². The van der Waals surface area contributed by atoms with Gasteiger partial charge in [-0.15, -0.1) is 5.01 Å². The van der Waals surface area contributed by atoms with Crippen molar-refractivity contribution in [3.8, 4) is 0 Å². The molecule has 0 amide bonds. The Bertz CT molecular complexity index is 363. The first kappa shape index (κ1) is 16.9. The zero-order chi connectivity index (χ0) is 15.2. The Morgan fingerprint density at radius 3 is 2.37 bits per heavy atom. The Hall–Kier alpha value is -2.06. The number of hydrogen-bond acceptors (Lipinski definition) is 6. The molecule has 0 spiro atoms. The van der Waals surface area contributed by atoms with Crippen molar-refractivity contribution in [1.29, 1.82) is 0 Å². The van der Waals surface area contributed by atoms with Gasteiger partial charge in [0.1, 0.15) is 0 Å². The van der Waals surface area contributed by atoms with Crippen LogP contribution in [0.1, 0.15) is 34.6 Å². The number of carboxylic acid groups (broad SMARTS) is 1. The number of hydrazine groups is 1. The van der Waals surface area contributed by atoms with Crippen LogP contribution in [0.2, 0.25) is 0 Å². The van der Waals surface area contributed by atoms with Gasteiger partial charge in [0, 0.05) is 13.8 Å². The predicted octanol–water partition coefficient (Wildman–Crippen LogP) is 0.890. The van der Waals surface area contributed by atoms with Gasteiger partial charge in [-0.3, -0.25) is 14.4 Å². The van der Waals surface area contributed by atoms with Gasteiger partial charge in [-0.2, -0.15) is 0 Å². The molecule has 0 saturated carbocycles. The standard InChI is InChI=1S/C10H19N3O6/c1-7(14)18-8(2)19-11-13(17)12(6-9(15)16)10(3,4)5/h8H,6H2,1-5H3,(H,15,16). The molecule has 0 aliphatic rings. The monoisotopic (exact) mass is 277 g/mol. The van der Waals surface area contributed by atoms with E-state index < -0.39 is 30.3 Å². The highest BCUT2D eigenvalue weighted by Crippen LogP contribution is 2.13. The van der Waals surface area contributed by atoms with Crippen LogP contribution in [0.5, 0.6) is 0 Å². The Morgan fingerprint density at radius 1 is 1.47 bits per heavy atom. The molecule has 0 saturated heterocycles. The quantitative estimate of drug-likeness (QED) is 0.252. The molecule has 0 aromatic rings. The molecule has 0 fully saturated rings. The average Bonchev–Trinajstić information content (AvgIpc) is 2.19. The third kappa shape index (κ3) is 7.06. The largest absolute Gasteiger partial charge is 0.569 e. The summed E-state index contributed by atoms with van der Waals surface area (Å²) in [6.07, 6.45) is -1.04. The fourth-order valence-corrected chi connectivity index (χ4v) is 1.09. The zero-order valence-electron chi connectivity index (χ0n) is 11.6. The summed E-state index contributed by atoms with van der Waals surface area (Å²) in [5.41, 5.74) is -0.766. The molecule has 0 aromatic carbocycles. The van der Waals surface area contributed by atoms with Crippen LogP contribution in [0.25, 0.3) is 0 Å². The van der Waals surface area contributed by atoms with Gasteiger partial charge in [0.05, 0.1) is 10.5 Å². The van der Waals surface area contributed by atoms with Crippen LogP contribution >= 0.6 is 0 Å². The van der Waals surface area contributed by atoms with E-state index in [4.69, 9.17) is 5.11 Å². The maximum atomic E-state index is 11.7. The first-order chi connectivity index (χ1) is 8.54. The number of carbonyl (C=O) groups excluding carboxylic acids is 1. The van der Waals surface area contributed by atoms with Gasteiger partial charge in [0.25, 0.3) is 6.29 Å². The van der Waals surface area contributed by atoms with Crippen molar-refractivity contribution < 1.29 is 29.2 Å². The minimum absolute atomic E-state index is 0.0219. The summed E-state index contributed by atoms with van der Waals surface area (Å²) >= 11 is 0. The summed E-state index contributed by atoms with van der Waals surface area (Å²) in [6, 6.07) is 0. The predicted molar refractivity (Wildman–Crippen MR) is 62.5 cm³/mol. The number of esters is 1. The normalized spacial score (nSPS) is 13.6. The van der Waals surface area contributed by atoms with Gasteiger partial charge in [0.15, 0.2) is 6.54 Å². The lowest BCUT2D eigenvalue weighted by atomic mass is 10.1. The number of aliphatic carboxylic acids is 1. The van der Waals surface area contributed by atoms with Gasteiger partial charge in [-0.25, -0.2) is 0 Å². The number of ether oxygens (including phenoxy) is 1. The molecule has 0 aromatic heterocycles. The van der Waals surface area contributed by atoms with Crippen molar-refractivity contribution in [3.63, 3.8) is 0 Å². The average molecular weight is 277 g/mol. The molecule has 1 atom stereocenters. The lowest BCUT2D eigenvalue weighted by Crippen LogP contribution is -2.48. The SMILES string of the molecule is CC(=O)OC(C)ON=[N+]([O-])N(CC(=O)O)C(C)(C)C. The maximum Gasteiger partial charge on any atom is 0.329 e. The van der Waals surface area contributed by atoms with Crippen molar-refractivity contribution in [2.45, 2.75) is 46.4 Å². The van der Waals surface area contributed by atoms with E-state index in [0.717, 1.165) is 5.01 Å². The van der Waals surface area contributed by atoms with E-state index >= 15 is 0 Å². The van der Waals surface area contributed by atoms with E-state index in [1.54, 1.807) is 20.8 Å². The zero-order valence-corrected chi connectivity index (χ0v) is 11.6. The smallest absolute Gasteiger partial charge is 0.329 e. The van der Waals surface area contributed by atoms with Crippen LogP contribution in [0.15, 0.2) is 5.28 Å². The molecule has 19 heavy (non-hydrogen) atoms. The Balaban J connectivity index is 4.75. The van der Waals surface area contributed by atoms with Crippen LogP contribution in [0.4, 0.5) is 0 Å². The van der Waals surface area contributed by atoms with Crippen LogP contribution < -0.4 is 0 Å². The van der Waals surface area contributed by atoms with Crippen molar-refractivity contribution in [1.82, 2.24) is 5.01 Å². The molecule has 9 heteroatoms. The van der Waals surface area contributed by atoms with Crippen LogP contribution in [-0.2, 0) is 19.2 Å². The second kappa shape index (κ2) is 6.76.